The van der Waals surface area contributed by atoms with Gasteiger partial charge in [0.1, 0.15) is 5.82 Å². The number of rotatable bonds is 9. The number of sulfonamides is 1. The van der Waals surface area contributed by atoms with E-state index in [0.717, 1.165) is 18.5 Å². The Labute approximate surface area is 114 Å². The molecule has 0 unspecified atom stereocenters. The van der Waals surface area contributed by atoms with Crippen LogP contribution in [0.15, 0.2) is 24.3 Å². The molecule has 0 aliphatic heterocycles. The van der Waals surface area contributed by atoms with Gasteiger partial charge in [0.2, 0.25) is 10.0 Å². The first kappa shape index (κ1) is 16.1. The zero-order chi connectivity index (χ0) is 14.1. The molecule has 0 radical (unpaired) electrons. The number of hydrogen-bond donors (Lipinski definition) is 2. The second-order valence-corrected chi connectivity index (χ2v) is 6.33. The Hall–Kier alpha value is -0.980. The van der Waals surface area contributed by atoms with Gasteiger partial charge in [0, 0.05) is 6.54 Å². The van der Waals surface area contributed by atoms with Crippen molar-refractivity contribution in [3.8, 4) is 0 Å². The molecule has 0 aliphatic rings. The SMILES string of the molecule is CNCCCCS(=O)(=O)NCCc1ccc(F)cc1. The minimum atomic E-state index is -3.19. The van der Waals surface area contributed by atoms with Crippen molar-refractivity contribution < 1.29 is 12.8 Å². The lowest BCUT2D eigenvalue weighted by Crippen LogP contribution is -2.28. The van der Waals surface area contributed by atoms with Crippen LogP contribution in [0.5, 0.6) is 0 Å². The van der Waals surface area contributed by atoms with Crippen molar-refractivity contribution in [3.63, 3.8) is 0 Å². The number of hydrogen-bond acceptors (Lipinski definition) is 3. The Kier molecular flexibility index (Phi) is 6.97. The van der Waals surface area contributed by atoms with Crippen molar-refractivity contribution in [3.05, 3.63) is 35.6 Å². The van der Waals surface area contributed by atoms with Crippen LogP contribution < -0.4 is 10.0 Å². The Bertz CT molecular complexity index is 460. The molecule has 1 rings (SSSR count). The van der Waals surface area contributed by atoms with E-state index in [0.29, 0.717) is 19.4 Å². The summed E-state index contributed by atoms with van der Waals surface area (Å²) in [5.41, 5.74) is 0.916. The first-order valence-corrected chi connectivity index (χ1v) is 8.05. The molecule has 0 aliphatic carbocycles. The lowest BCUT2D eigenvalue weighted by molar-refractivity contribution is 0.575. The standard InChI is InChI=1S/C13H21FN2O2S/c1-15-9-2-3-11-19(17,18)16-10-8-12-4-6-13(14)7-5-12/h4-7,15-16H,2-3,8-11H2,1H3. The molecule has 108 valence electrons. The molecule has 0 saturated carbocycles. The van der Waals surface area contributed by atoms with Crippen LogP contribution in [0.4, 0.5) is 4.39 Å². The molecular weight excluding hydrogens is 267 g/mol. The second kappa shape index (κ2) is 8.24. The fourth-order valence-electron chi connectivity index (χ4n) is 1.67. The van der Waals surface area contributed by atoms with E-state index < -0.39 is 10.0 Å². The summed E-state index contributed by atoms with van der Waals surface area (Å²) >= 11 is 0. The average Bonchev–Trinajstić information content (AvgIpc) is 2.37. The zero-order valence-electron chi connectivity index (χ0n) is 11.2. The van der Waals surface area contributed by atoms with E-state index in [2.05, 4.69) is 10.0 Å². The summed E-state index contributed by atoms with van der Waals surface area (Å²) in [6.45, 7) is 1.17. The lowest BCUT2D eigenvalue weighted by atomic mass is 10.1. The molecule has 19 heavy (non-hydrogen) atoms. The highest BCUT2D eigenvalue weighted by Crippen LogP contribution is 2.03. The Morgan fingerprint density at radius 1 is 1.11 bits per heavy atom. The van der Waals surface area contributed by atoms with Crippen LogP contribution in [0, 0.1) is 5.82 Å². The maximum Gasteiger partial charge on any atom is 0.211 e. The van der Waals surface area contributed by atoms with Gasteiger partial charge in [-0.1, -0.05) is 12.1 Å². The van der Waals surface area contributed by atoms with Crippen molar-refractivity contribution in [1.82, 2.24) is 10.0 Å². The van der Waals surface area contributed by atoms with Gasteiger partial charge >= 0.3 is 0 Å². The van der Waals surface area contributed by atoms with Gasteiger partial charge in [-0.3, -0.25) is 0 Å². The van der Waals surface area contributed by atoms with E-state index in [-0.39, 0.29) is 11.6 Å². The van der Waals surface area contributed by atoms with Crippen LogP contribution >= 0.6 is 0 Å². The van der Waals surface area contributed by atoms with Gasteiger partial charge in [-0.15, -0.1) is 0 Å². The summed E-state index contributed by atoms with van der Waals surface area (Å²) in [4.78, 5) is 0. The molecule has 2 N–H and O–H groups in total. The van der Waals surface area contributed by atoms with Gasteiger partial charge in [-0.05, 0) is 50.6 Å². The molecule has 0 fully saturated rings. The largest absolute Gasteiger partial charge is 0.320 e. The highest BCUT2D eigenvalue weighted by molar-refractivity contribution is 7.89. The normalized spacial score (nSPS) is 11.7. The fraction of sp³-hybridized carbons (Fsp3) is 0.538. The smallest absolute Gasteiger partial charge is 0.211 e. The molecule has 6 heteroatoms. The Morgan fingerprint density at radius 2 is 1.79 bits per heavy atom. The van der Waals surface area contributed by atoms with E-state index in [9.17, 15) is 12.8 Å². The highest BCUT2D eigenvalue weighted by atomic mass is 32.2. The Morgan fingerprint density at radius 3 is 2.42 bits per heavy atom. The van der Waals surface area contributed by atoms with Gasteiger partial charge in [-0.2, -0.15) is 0 Å². The van der Waals surface area contributed by atoms with Crippen LogP contribution in [0.1, 0.15) is 18.4 Å². The Balaban J connectivity index is 2.25. The first-order valence-electron chi connectivity index (χ1n) is 6.40. The first-order chi connectivity index (χ1) is 9.03. The van der Waals surface area contributed by atoms with E-state index >= 15 is 0 Å². The molecule has 0 spiro atoms. The van der Waals surface area contributed by atoms with Gasteiger partial charge in [0.15, 0.2) is 0 Å². The van der Waals surface area contributed by atoms with Crippen molar-refractivity contribution in [2.45, 2.75) is 19.3 Å². The number of halogens is 1. The molecular formula is C13H21FN2O2S. The van der Waals surface area contributed by atoms with Crippen LogP contribution in [0.3, 0.4) is 0 Å². The monoisotopic (exact) mass is 288 g/mol. The average molecular weight is 288 g/mol. The summed E-state index contributed by atoms with van der Waals surface area (Å²) in [7, 11) is -1.35. The summed E-state index contributed by atoms with van der Waals surface area (Å²) in [5, 5.41) is 2.98. The second-order valence-electron chi connectivity index (χ2n) is 4.40. The van der Waals surface area contributed by atoms with Gasteiger partial charge in [0.25, 0.3) is 0 Å². The summed E-state index contributed by atoms with van der Waals surface area (Å²) in [6.07, 6.45) is 2.05. The van der Waals surface area contributed by atoms with E-state index in [1.165, 1.54) is 12.1 Å². The lowest BCUT2D eigenvalue weighted by Gasteiger charge is -2.06. The fourth-order valence-corrected chi connectivity index (χ4v) is 2.81. The van der Waals surface area contributed by atoms with Gasteiger partial charge in [0.05, 0.1) is 5.75 Å². The number of unbranched alkanes of at least 4 members (excludes halogenated alkanes) is 1. The van der Waals surface area contributed by atoms with Gasteiger partial charge < -0.3 is 5.32 Å². The van der Waals surface area contributed by atoms with Crippen LogP contribution in [-0.4, -0.2) is 34.3 Å². The molecule has 4 nitrogen and oxygen atoms in total. The minimum Gasteiger partial charge on any atom is -0.320 e. The molecule has 0 atom stereocenters. The molecule has 1 aromatic carbocycles. The van der Waals surface area contributed by atoms with E-state index in [1.807, 2.05) is 7.05 Å². The summed E-state index contributed by atoms with van der Waals surface area (Å²) in [6, 6.07) is 6.08. The topological polar surface area (TPSA) is 58.2 Å². The minimum absolute atomic E-state index is 0.151. The van der Waals surface area contributed by atoms with Crippen molar-refractivity contribution >= 4 is 10.0 Å². The molecule has 0 bridgehead atoms. The molecule has 0 saturated heterocycles. The highest BCUT2D eigenvalue weighted by Gasteiger charge is 2.08. The number of nitrogens with one attached hydrogen (secondary N) is 2. The zero-order valence-corrected chi connectivity index (χ0v) is 12.0. The predicted molar refractivity (Wildman–Crippen MR) is 75.1 cm³/mol. The van der Waals surface area contributed by atoms with E-state index in [4.69, 9.17) is 0 Å². The van der Waals surface area contributed by atoms with Crippen LogP contribution in [0.2, 0.25) is 0 Å². The third-order valence-corrected chi connectivity index (χ3v) is 4.21. The predicted octanol–water partition coefficient (Wildman–Crippen LogP) is 1.29. The molecule has 1 aromatic rings. The summed E-state index contributed by atoms with van der Waals surface area (Å²) < 4.78 is 38.5. The van der Waals surface area contributed by atoms with Crippen molar-refractivity contribution in [2.24, 2.45) is 0 Å². The molecule has 0 heterocycles. The third-order valence-electron chi connectivity index (χ3n) is 2.74. The maximum absolute atomic E-state index is 12.7. The third kappa shape index (κ3) is 7.25. The molecule has 0 aromatic heterocycles. The quantitative estimate of drug-likeness (QED) is 0.673. The van der Waals surface area contributed by atoms with E-state index in [1.54, 1.807) is 12.1 Å². The number of benzene rings is 1. The van der Waals surface area contributed by atoms with Crippen molar-refractivity contribution in [2.75, 3.05) is 25.9 Å². The molecule has 0 amide bonds. The van der Waals surface area contributed by atoms with Gasteiger partial charge in [-0.25, -0.2) is 17.5 Å². The van der Waals surface area contributed by atoms with Crippen LogP contribution in [-0.2, 0) is 16.4 Å². The van der Waals surface area contributed by atoms with Crippen LogP contribution in [0.25, 0.3) is 0 Å². The van der Waals surface area contributed by atoms with Crippen molar-refractivity contribution in [1.29, 1.82) is 0 Å². The summed E-state index contributed by atoms with van der Waals surface area (Å²) in [5.74, 6) is -0.133. The maximum atomic E-state index is 12.7.